The summed E-state index contributed by atoms with van der Waals surface area (Å²) in [6.45, 7) is 5.58. The minimum Gasteiger partial charge on any atom is -0.340 e. The van der Waals surface area contributed by atoms with E-state index >= 15 is 0 Å². The van der Waals surface area contributed by atoms with Gasteiger partial charge in [0.25, 0.3) is 0 Å². The van der Waals surface area contributed by atoms with E-state index in [1.807, 2.05) is 48.2 Å². The molecule has 0 spiro atoms. The Morgan fingerprint density at radius 1 is 1.08 bits per heavy atom. The van der Waals surface area contributed by atoms with Crippen LogP contribution in [0.4, 0.5) is 0 Å². The number of rotatable bonds is 3. The molecular formula is C21H26N2O. The van der Waals surface area contributed by atoms with Gasteiger partial charge >= 0.3 is 0 Å². The monoisotopic (exact) mass is 322 g/mol. The van der Waals surface area contributed by atoms with Crippen LogP contribution in [-0.2, 0) is 10.3 Å². The zero-order valence-corrected chi connectivity index (χ0v) is 14.5. The van der Waals surface area contributed by atoms with Gasteiger partial charge in [-0.1, -0.05) is 67.6 Å². The molecule has 0 aliphatic carbocycles. The third kappa shape index (κ3) is 3.22. The second-order valence-corrected chi connectivity index (χ2v) is 7.10. The molecule has 2 N–H and O–H groups in total. The number of nitrogens with two attached hydrogens (primary N) is 1. The van der Waals surface area contributed by atoms with E-state index in [2.05, 4.69) is 31.2 Å². The van der Waals surface area contributed by atoms with Gasteiger partial charge in [0.1, 0.15) is 5.54 Å². The number of carbonyl (C=O) groups excluding carboxylic acids is 1. The van der Waals surface area contributed by atoms with Crippen molar-refractivity contribution in [1.29, 1.82) is 0 Å². The van der Waals surface area contributed by atoms with E-state index in [1.165, 1.54) is 5.56 Å². The lowest BCUT2D eigenvalue weighted by molar-refractivity contribution is -0.138. The van der Waals surface area contributed by atoms with Crippen LogP contribution in [0.15, 0.2) is 60.7 Å². The van der Waals surface area contributed by atoms with Gasteiger partial charge in [-0.3, -0.25) is 4.79 Å². The molecule has 1 amide bonds. The molecule has 1 fully saturated rings. The molecule has 3 nitrogen and oxygen atoms in total. The molecule has 3 rings (SSSR count). The van der Waals surface area contributed by atoms with E-state index in [0.717, 1.165) is 25.1 Å². The SMILES string of the molecule is CC1CN(C(=O)C(C)(N)c2ccccc2)CCC1c1ccccc1. The number of nitrogens with zero attached hydrogens (tertiary/aromatic N) is 1. The van der Waals surface area contributed by atoms with Crippen LogP contribution in [0.1, 0.15) is 37.3 Å². The van der Waals surface area contributed by atoms with Gasteiger partial charge in [-0.2, -0.15) is 0 Å². The zero-order chi connectivity index (χ0) is 17.2. The summed E-state index contributed by atoms with van der Waals surface area (Å²) in [7, 11) is 0. The van der Waals surface area contributed by atoms with Crippen LogP contribution in [0.5, 0.6) is 0 Å². The molecule has 24 heavy (non-hydrogen) atoms. The predicted octanol–water partition coefficient (Wildman–Crippen LogP) is 3.51. The Morgan fingerprint density at radius 2 is 1.67 bits per heavy atom. The van der Waals surface area contributed by atoms with Gasteiger partial charge in [0.05, 0.1) is 0 Å². The molecule has 3 heteroatoms. The van der Waals surface area contributed by atoms with Crippen molar-refractivity contribution in [2.45, 2.75) is 31.7 Å². The predicted molar refractivity (Wildman–Crippen MR) is 97.5 cm³/mol. The van der Waals surface area contributed by atoms with Crippen molar-refractivity contribution in [2.75, 3.05) is 13.1 Å². The third-order valence-electron chi connectivity index (χ3n) is 5.24. The maximum absolute atomic E-state index is 13.0. The highest BCUT2D eigenvalue weighted by Crippen LogP contribution is 2.34. The van der Waals surface area contributed by atoms with Gasteiger partial charge in [0.15, 0.2) is 0 Å². The molecule has 126 valence electrons. The molecule has 3 unspecified atom stereocenters. The van der Waals surface area contributed by atoms with Crippen molar-refractivity contribution in [3.05, 3.63) is 71.8 Å². The van der Waals surface area contributed by atoms with Crippen LogP contribution >= 0.6 is 0 Å². The Labute approximate surface area is 144 Å². The fourth-order valence-electron chi connectivity index (χ4n) is 3.76. The van der Waals surface area contributed by atoms with E-state index in [4.69, 9.17) is 5.73 Å². The largest absolute Gasteiger partial charge is 0.340 e. The number of amides is 1. The van der Waals surface area contributed by atoms with Crippen molar-refractivity contribution in [1.82, 2.24) is 4.90 Å². The summed E-state index contributed by atoms with van der Waals surface area (Å²) in [4.78, 5) is 15.0. The lowest BCUT2D eigenvalue weighted by Gasteiger charge is -2.40. The molecule has 3 atom stereocenters. The number of benzene rings is 2. The lowest BCUT2D eigenvalue weighted by atomic mass is 9.80. The highest BCUT2D eigenvalue weighted by Gasteiger charge is 2.38. The molecule has 1 aliphatic rings. The Hall–Kier alpha value is -2.13. The molecule has 2 aromatic rings. The number of likely N-dealkylation sites (tertiary alicyclic amines) is 1. The van der Waals surface area contributed by atoms with Crippen molar-refractivity contribution in [3.8, 4) is 0 Å². The number of piperidine rings is 1. The molecule has 0 radical (unpaired) electrons. The van der Waals surface area contributed by atoms with Crippen LogP contribution in [0.3, 0.4) is 0 Å². The number of hydrogen-bond donors (Lipinski definition) is 1. The third-order valence-corrected chi connectivity index (χ3v) is 5.24. The molecule has 1 aliphatic heterocycles. The van der Waals surface area contributed by atoms with E-state index in [9.17, 15) is 4.79 Å². The van der Waals surface area contributed by atoms with Gasteiger partial charge in [-0.05, 0) is 36.3 Å². The van der Waals surface area contributed by atoms with E-state index < -0.39 is 5.54 Å². The van der Waals surface area contributed by atoms with Gasteiger partial charge in [0, 0.05) is 13.1 Å². The van der Waals surface area contributed by atoms with Crippen LogP contribution in [0.25, 0.3) is 0 Å². The lowest BCUT2D eigenvalue weighted by Crippen LogP contribution is -2.54. The second-order valence-electron chi connectivity index (χ2n) is 7.10. The van der Waals surface area contributed by atoms with Crippen molar-refractivity contribution in [2.24, 2.45) is 11.7 Å². The smallest absolute Gasteiger partial charge is 0.246 e. The summed E-state index contributed by atoms with van der Waals surface area (Å²) in [5.74, 6) is 0.958. The summed E-state index contributed by atoms with van der Waals surface area (Å²) in [6, 6.07) is 20.3. The molecule has 0 saturated carbocycles. The molecular weight excluding hydrogens is 296 g/mol. The molecule has 0 aromatic heterocycles. The van der Waals surface area contributed by atoms with Gasteiger partial charge in [-0.15, -0.1) is 0 Å². The van der Waals surface area contributed by atoms with Crippen LogP contribution in [0.2, 0.25) is 0 Å². The molecule has 0 bridgehead atoms. The first-order chi connectivity index (χ1) is 11.5. The first-order valence-electron chi connectivity index (χ1n) is 8.69. The minimum atomic E-state index is -0.972. The minimum absolute atomic E-state index is 0.0204. The van der Waals surface area contributed by atoms with E-state index in [0.29, 0.717) is 11.8 Å². The Bertz CT molecular complexity index is 681. The fraction of sp³-hybridized carbons (Fsp3) is 0.381. The van der Waals surface area contributed by atoms with Crippen LogP contribution in [-0.4, -0.2) is 23.9 Å². The van der Waals surface area contributed by atoms with Crippen LogP contribution < -0.4 is 5.73 Å². The first kappa shape index (κ1) is 16.7. The number of hydrogen-bond acceptors (Lipinski definition) is 2. The Kier molecular flexibility index (Phi) is 4.72. The van der Waals surface area contributed by atoms with Gasteiger partial charge < -0.3 is 10.6 Å². The van der Waals surface area contributed by atoms with Gasteiger partial charge in [-0.25, -0.2) is 0 Å². The number of carbonyl (C=O) groups is 1. The maximum atomic E-state index is 13.0. The van der Waals surface area contributed by atoms with Crippen LogP contribution in [0, 0.1) is 5.92 Å². The standard InChI is InChI=1S/C21H26N2O/c1-16-15-23(14-13-19(16)17-9-5-3-6-10-17)20(24)21(2,22)18-11-7-4-8-12-18/h3-12,16,19H,13-15,22H2,1-2H3. The van der Waals surface area contributed by atoms with Crippen molar-refractivity contribution < 1.29 is 4.79 Å². The highest BCUT2D eigenvalue weighted by atomic mass is 16.2. The van der Waals surface area contributed by atoms with E-state index in [-0.39, 0.29) is 5.91 Å². The second kappa shape index (κ2) is 6.78. The average Bonchev–Trinajstić information content (AvgIpc) is 2.62. The van der Waals surface area contributed by atoms with E-state index in [1.54, 1.807) is 0 Å². The molecule has 1 heterocycles. The summed E-state index contributed by atoms with van der Waals surface area (Å²) in [6.07, 6.45) is 0.988. The normalized spacial score (nSPS) is 23.5. The quantitative estimate of drug-likeness (QED) is 0.940. The highest BCUT2D eigenvalue weighted by molar-refractivity contribution is 5.87. The Morgan fingerprint density at radius 3 is 2.25 bits per heavy atom. The van der Waals surface area contributed by atoms with Crippen molar-refractivity contribution >= 4 is 5.91 Å². The summed E-state index contributed by atoms with van der Waals surface area (Å²) >= 11 is 0. The first-order valence-corrected chi connectivity index (χ1v) is 8.69. The summed E-state index contributed by atoms with van der Waals surface area (Å²) in [5, 5.41) is 0. The summed E-state index contributed by atoms with van der Waals surface area (Å²) < 4.78 is 0. The fourth-order valence-corrected chi connectivity index (χ4v) is 3.76. The molecule has 2 aromatic carbocycles. The summed E-state index contributed by atoms with van der Waals surface area (Å²) in [5.41, 5.74) is 7.68. The van der Waals surface area contributed by atoms with Gasteiger partial charge in [0.2, 0.25) is 5.91 Å². The average molecular weight is 322 g/mol. The maximum Gasteiger partial charge on any atom is 0.246 e. The van der Waals surface area contributed by atoms with Crippen molar-refractivity contribution in [3.63, 3.8) is 0 Å². The molecule has 1 saturated heterocycles. The Balaban J connectivity index is 1.72. The topological polar surface area (TPSA) is 46.3 Å². The zero-order valence-electron chi connectivity index (χ0n) is 14.5.